The summed E-state index contributed by atoms with van der Waals surface area (Å²) in [5.74, 6) is -0.771. The number of alkyl halides is 3. The fourth-order valence-electron chi connectivity index (χ4n) is 0.867. The second-order valence-corrected chi connectivity index (χ2v) is 2.87. The molecule has 0 atom stereocenters. The minimum absolute atomic E-state index is 0.361. The number of halogens is 4. The molecule has 0 aromatic heterocycles. The van der Waals surface area contributed by atoms with E-state index in [4.69, 9.17) is 22.0 Å². The van der Waals surface area contributed by atoms with Crippen LogP contribution in [0.15, 0.2) is 12.1 Å². The minimum Gasteiger partial charge on any atom is -0.506 e. The molecule has 0 bridgehead atoms. The molecule has 14 heavy (non-hydrogen) atoms. The van der Waals surface area contributed by atoms with Gasteiger partial charge < -0.3 is 5.11 Å². The number of aromatic hydroxyl groups is 1. The van der Waals surface area contributed by atoms with E-state index in [2.05, 4.69) is 0 Å². The maximum atomic E-state index is 12.1. The fraction of sp³-hybridized carbons (Fsp3) is 0.125. The number of hydrogen-bond acceptors (Lipinski definition) is 2. The highest BCUT2D eigenvalue weighted by Crippen LogP contribution is 2.35. The average Bonchev–Trinajstić information content (AvgIpc) is 2.01. The molecule has 1 rings (SSSR count). The second kappa shape index (κ2) is 3.39. The van der Waals surface area contributed by atoms with E-state index in [0.717, 1.165) is 0 Å². The van der Waals surface area contributed by atoms with Crippen molar-refractivity contribution in [2.24, 2.45) is 0 Å². The van der Waals surface area contributed by atoms with Gasteiger partial charge in [0.15, 0.2) is 0 Å². The first kappa shape index (κ1) is 10.7. The molecule has 0 fully saturated rings. The van der Waals surface area contributed by atoms with Crippen LogP contribution in [-0.4, -0.2) is 5.11 Å². The summed E-state index contributed by atoms with van der Waals surface area (Å²) >= 11 is 5.36. The summed E-state index contributed by atoms with van der Waals surface area (Å²) in [6.45, 7) is 0. The molecular weight excluding hydrogens is 219 g/mol. The van der Waals surface area contributed by atoms with Gasteiger partial charge in [-0.25, -0.2) is 0 Å². The van der Waals surface area contributed by atoms with Gasteiger partial charge in [0.1, 0.15) is 17.4 Å². The summed E-state index contributed by atoms with van der Waals surface area (Å²) in [6.07, 6.45) is -4.59. The van der Waals surface area contributed by atoms with Crippen LogP contribution in [0.2, 0.25) is 5.02 Å². The predicted octanol–water partition coefficient (Wildman–Crippen LogP) is 2.94. The largest absolute Gasteiger partial charge is 0.506 e. The molecule has 1 aromatic rings. The van der Waals surface area contributed by atoms with E-state index in [1.807, 2.05) is 0 Å². The summed E-state index contributed by atoms with van der Waals surface area (Å²) in [5.41, 5.74) is -1.45. The zero-order valence-corrected chi connectivity index (χ0v) is 7.32. The van der Waals surface area contributed by atoms with Crippen LogP contribution in [0.4, 0.5) is 13.2 Å². The van der Waals surface area contributed by atoms with Gasteiger partial charge in [-0.05, 0) is 12.1 Å². The highest BCUT2D eigenvalue weighted by atomic mass is 35.5. The van der Waals surface area contributed by atoms with Crippen LogP contribution in [0, 0.1) is 11.3 Å². The third kappa shape index (κ3) is 1.91. The first-order valence-corrected chi connectivity index (χ1v) is 3.74. The van der Waals surface area contributed by atoms with Crippen molar-refractivity contribution in [3.8, 4) is 11.8 Å². The summed E-state index contributed by atoms with van der Waals surface area (Å²) in [5, 5.41) is 17.0. The highest BCUT2D eigenvalue weighted by Gasteiger charge is 2.32. The molecule has 0 aliphatic rings. The van der Waals surface area contributed by atoms with Gasteiger partial charge in [0.2, 0.25) is 0 Å². The van der Waals surface area contributed by atoms with Gasteiger partial charge in [-0.1, -0.05) is 11.6 Å². The molecule has 1 N–H and O–H groups in total. The molecular formula is C8H3ClF3NO. The van der Waals surface area contributed by atoms with Crippen LogP contribution in [0.3, 0.4) is 0 Å². The summed E-state index contributed by atoms with van der Waals surface area (Å²) < 4.78 is 36.4. The quantitative estimate of drug-likeness (QED) is 0.732. The first-order valence-electron chi connectivity index (χ1n) is 3.36. The number of benzene rings is 1. The molecule has 74 valence electrons. The Bertz CT molecular complexity index is 385. The van der Waals surface area contributed by atoms with Crippen molar-refractivity contribution >= 4 is 11.6 Å². The number of phenols is 1. The maximum Gasteiger partial charge on any atom is 0.416 e. The Morgan fingerprint density at radius 1 is 1.36 bits per heavy atom. The Morgan fingerprint density at radius 2 is 1.93 bits per heavy atom. The first-order chi connectivity index (χ1) is 6.36. The van der Waals surface area contributed by atoms with Gasteiger partial charge in [-0.2, -0.15) is 18.4 Å². The van der Waals surface area contributed by atoms with Gasteiger partial charge in [0.05, 0.1) is 10.6 Å². The number of rotatable bonds is 0. The maximum absolute atomic E-state index is 12.1. The van der Waals surface area contributed by atoms with Gasteiger partial charge in [-0.3, -0.25) is 0 Å². The van der Waals surface area contributed by atoms with E-state index >= 15 is 0 Å². The van der Waals surface area contributed by atoms with E-state index in [0.29, 0.717) is 12.1 Å². The van der Waals surface area contributed by atoms with E-state index in [1.165, 1.54) is 6.07 Å². The third-order valence-electron chi connectivity index (χ3n) is 1.51. The van der Waals surface area contributed by atoms with Crippen LogP contribution < -0.4 is 0 Å². The molecule has 1 aromatic carbocycles. The molecule has 0 radical (unpaired) electrons. The van der Waals surface area contributed by atoms with Crippen molar-refractivity contribution in [3.05, 3.63) is 28.3 Å². The van der Waals surface area contributed by atoms with Crippen LogP contribution in [0.5, 0.6) is 5.75 Å². The number of nitrogens with zero attached hydrogens (tertiary/aromatic N) is 1. The van der Waals surface area contributed by atoms with E-state index < -0.39 is 22.5 Å². The number of hydrogen-bond donors (Lipinski definition) is 1. The lowest BCUT2D eigenvalue weighted by Gasteiger charge is -2.08. The lowest BCUT2D eigenvalue weighted by Crippen LogP contribution is -2.04. The summed E-state index contributed by atoms with van der Waals surface area (Å²) in [7, 11) is 0. The monoisotopic (exact) mass is 221 g/mol. The topological polar surface area (TPSA) is 44.0 Å². The van der Waals surface area contributed by atoms with Gasteiger partial charge in [0.25, 0.3) is 0 Å². The molecule has 6 heteroatoms. The predicted molar refractivity (Wildman–Crippen MR) is 42.8 cm³/mol. The van der Waals surface area contributed by atoms with Gasteiger partial charge >= 0.3 is 6.18 Å². The SMILES string of the molecule is N#Cc1c(O)cc(C(F)(F)F)cc1Cl. The Hall–Kier alpha value is -1.41. The molecule has 2 nitrogen and oxygen atoms in total. The standard InChI is InChI=1S/C8H3ClF3NO/c9-6-1-4(8(10,11)12)2-7(14)5(6)3-13/h1-2,14H. The molecule has 0 aliphatic heterocycles. The third-order valence-corrected chi connectivity index (χ3v) is 1.81. The molecule has 0 aliphatic carbocycles. The summed E-state index contributed by atoms with van der Waals surface area (Å²) in [6, 6.07) is 2.55. The van der Waals surface area contributed by atoms with Crippen molar-refractivity contribution in [2.45, 2.75) is 6.18 Å². The molecule has 0 amide bonds. The van der Waals surface area contributed by atoms with Crippen molar-refractivity contribution in [2.75, 3.05) is 0 Å². The molecule has 0 unspecified atom stereocenters. The Morgan fingerprint density at radius 3 is 2.29 bits per heavy atom. The van der Waals surface area contributed by atoms with Crippen LogP contribution >= 0.6 is 11.6 Å². The molecule has 0 saturated carbocycles. The molecule has 0 heterocycles. The Labute approximate surface area is 82.1 Å². The number of nitriles is 1. The van der Waals surface area contributed by atoms with E-state index in [1.54, 1.807) is 0 Å². The van der Waals surface area contributed by atoms with Crippen molar-refractivity contribution in [3.63, 3.8) is 0 Å². The normalized spacial score (nSPS) is 11.1. The van der Waals surface area contributed by atoms with Crippen LogP contribution in [0.25, 0.3) is 0 Å². The lowest BCUT2D eigenvalue weighted by atomic mass is 10.1. The Balaban J connectivity index is 3.37. The second-order valence-electron chi connectivity index (χ2n) is 2.46. The average molecular weight is 222 g/mol. The zero-order chi connectivity index (χ0) is 10.9. The van der Waals surface area contributed by atoms with E-state index in [-0.39, 0.29) is 5.56 Å². The zero-order valence-electron chi connectivity index (χ0n) is 6.56. The highest BCUT2D eigenvalue weighted by molar-refractivity contribution is 6.32. The minimum atomic E-state index is -4.59. The van der Waals surface area contributed by atoms with Crippen molar-refractivity contribution in [1.29, 1.82) is 5.26 Å². The van der Waals surface area contributed by atoms with Crippen LogP contribution in [-0.2, 0) is 6.18 Å². The van der Waals surface area contributed by atoms with E-state index in [9.17, 15) is 13.2 Å². The molecule has 0 spiro atoms. The van der Waals surface area contributed by atoms with Gasteiger partial charge in [-0.15, -0.1) is 0 Å². The Kier molecular flexibility index (Phi) is 2.58. The van der Waals surface area contributed by atoms with Crippen molar-refractivity contribution in [1.82, 2.24) is 0 Å². The number of phenolic OH excluding ortho intramolecular Hbond substituents is 1. The van der Waals surface area contributed by atoms with Gasteiger partial charge in [0, 0.05) is 0 Å². The smallest absolute Gasteiger partial charge is 0.416 e. The summed E-state index contributed by atoms with van der Waals surface area (Å²) in [4.78, 5) is 0. The fourth-order valence-corrected chi connectivity index (χ4v) is 1.12. The lowest BCUT2D eigenvalue weighted by molar-refractivity contribution is -0.137. The van der Waals surface area contributed by atoms with Crippen LogP contribution in [0.1, 0.15) is 11.1 Å². The van der Waals surface area contributed by atoms with Crippen molar-refractivity contribution < 1.29 is 18.3 Å². The molecule has 0 saturated heterocycles.